The van der Waals surface area contributed by atoms with Crippen LogP contribution in [0.5, 0.6) is 5.88 Å². The summed E-state index contributed by atoms with van der Waals surface area (Å²) in [4.78, 5) is 0. The third kappa shape index (κ3) is 3.09. The molecule has 3 aromatic carbocycles. The highest BCUT2D eigenvalue weighted by atomic mass is 79.9. The minimum absolute atomic E-state index is 0.139. The first kappa shape index (κ1) is 18.2. The second kappa shape index (κ2) is 7.21. The van der Waals surface area contributed by atoms with E-state index in [1.165, 1.54) is 0 Å². The number of nitrogens with one attached hydrogen (secondary N) is 1. The maximum atomic E-state index is 11.1. The van der Waals surface area contributed by atoms with Crippen LogP contribution in [0.3, 0.4) is 0 Å². The van der Waals surface area contributed by atoms with Crippen LogP contribution in [0, 0.1) is 0 Å². The van der Waals surface area contributed by atoms with Gasteiger partial charge in [-0.05, 0) is 42.0 Å². The van der Waals surface area contributed by atoms with Crippen LogP contribution < -0.4 is 0 Å². The van der Waals surface area contributed by atoms with E-state index >= 15 is 0 Å². The predicted molar refractivity (Wildman–Crippen MR) is 123 cm³/mol. The average molecular weight is 509 g/mol. The number of aromatic hydroxyl groups is 1. The molecule has 0 fully saturated rings. The molecule has 0 spiro atoms. The molecule has 2 N–H and O–H groups in total. The number of fused-ring (bicyclic) bond motifs is 1. The Morgan fingerprint density at radius 1 is 0.759 bits per heavy atom. The highest BCUT2D eigenvalue weighted by Crippen LogP contribution is 2.43. The van der Waals surface area contributed by atoms with Gasteiger partial charge >= 0.3 is 0 Å². The fourth-order valence-corrected chi connectivity index (χ4v) is 4.12. The Kier molecular flexibility index (Phi) is 4.53. The molecule has 29 heavy (non-hydrogen) atoms. The first-order valence-electron chi connectivity index (χ1n) is 9.02. The van der Waals surface area contributed by atoms with E-state index in [1.807, 2.05) is 83.4 Å². The Bertz CT molecular complexity index is 1300. The third-order valence-corrected chi connectivity index (χ3v) is 5.97. The number of rotatable bonds is 3. The van der Waals surface area contributed by atoms with Gasteiger partial charge < -0.3 is 5.11 Å². The van der Waals surface area contributed by atoms with E-state index in [0.29, 0.717) is 5.52 Å². The highest BCUT2D eigenvalue weighted by molar-refractivity contribution is 9.10. The van der Waals surface area contributed by atoms with Crippen LogP contribution in [0.2, 0.25) is 0 Å². The van der Waals surface area contributed by atoms with Crippen molar-refractivity contribution in [1.82, 2.24) is 14.8 Å². The quantitative estimate of drug-likeness (QED) is 0.278. The van der Waals surface area contributed by atoms with Gasteiger partial charge in [0.05, 0.1) is 11.1 Å². The first-order valence-corrected chi connectivity index (χ1v) is 10.6. The van der Waals surface area contributed by atoms with Crippen molar-refractivity contribution in [2.75, 3.05) is 0 Å². The summed E-state index contributed by atoms with van der Waals surface area (Å²) in [5.74, 6) is 0.139. The van der Waals surface area contributed by atoms with Gasteiger partial charge in [0, 0.05) is 20.2 Å². The number of aromatic nitrogens is 3. The van der Waals surface area contributed by atoms with Gasteiger partial charge in [-0.3, -0.25) is 9.67 Å². The van der Waals surface area contributed by atoms with Gasteiger partial charge in [-0.25, -0.2) is 0 Å². The lowest BCUT2D eigenvalue weighted by molar-refractivity contribution is 0.448. The standard InChI is InChI=1S/C23H15Br2N3O/c24-16-10-6-14(7-11-16)20-19-21(27-26-20)23(29)28(18-4-2-1-3-5-18)22(19)15-8-12-17(25)13-9-15/h1-13,27,29H. The molecule has 0 bridgehead atoms. The summed E-state index contributed by atoms with van der Waals surface area (Å²) in [6.07, 6.45) is 0. The van der Waals surface area contributed by atoms with E-state index in [0.717, 1.165) is 42.5 Å². The molecule has 0 radical (unpaired) electrons. The second-order valence-electron chi connectivity index (χ2n) is 6.68. The van der Waals surface area contributed by atoms with Crippen LogP contribution >= 0.6 is 31.9 Å². The van der Waals surface area contributed by atoms with Gasteiger partial charge in [-0.2, -0.15) is 5.10 Å². The summed E-state index contributed by atoms with van der Waals surface area (Å²) in [5, 5.41) is 19.6. The lowest BCUT2D eigenvalue weighted by Gasteiger charge is -2.12. The van der Waals surface area contributed by atoms with Crippen molar-refractivity contribution in [3.05, 3.63) is 87.8 Å². The molecule has 0 saturated heterocycles. The zero-order chi connectivity index (χ0) is 20.0. The van der Waals surface area contributed by atoms with E-state index in [1.54, 1.807) is 0 Å². The number of nitrogens with zero attached hydrogens (tertiary/aromatic N) is 2. The van der Waals surface area contributed by atoms with Crippen molar-refractivity contribution < 1.29 is 5.11 Å². The molecule has 5 rings (SSSR count). The lowest BCUT2D eigenvalue weighted by Crippen LogP contribution is -1.97. The number of hydrogen-bond donors (Lipinski definition) is 2. The van der Waals surface area contributed by atoms with E-state index in [9.17, 15) is 5.11 Å². The monoisotopic (exact) mass is 507 g/mol. The van der Waals surface area contributed by atoms with Crippen molar-refractivity contribution in [3.8, 4) is 34.1 Å². The van der Waals surface area contributed by atoms with Crippen LogP contribution in [0.25, 0.3) is 39.1 Å². The lowest BCUT2D eigenvalue weighted by atomic mass is 10.0. The number of hydrogen-bond acceptors (Lipinski definition) is 2. The molecular weight excluding hydrogens is 494 g/mol. The van der Waals surface area contributed by atoms with Crippen molar-refractivity contribution in [1.29, 1.82) is 0 Å². The van der Waals surface area contributed by atoms with E-state index < -0.39 is 0 Å². The second-order valence-corrected chi connectivity index (χ2v) is 8.51. The molecule has 2 heterocycles. The van der Waals surface area contributed by atoms with Gasteiger partial charge in [-0.1, -0.05) is 74.3 Å². The van der Waals surface area contributed by atoms with Gasteiger partial charge in [0.2, 0.25) is 5.88 Å². The summed E-state index contributed by atoms with van der Waals surface area (Å²) in [7, 11) is 0. The fraction of sp³-hybridized carbons (Fsp3) is 0. The van der Waals surface area contributed by atoms with E-state index in [4.69, 9.17) is 0 Å². The Morgan fingerprint density at radius 3 is 1.97 bits per heavy atom. The SMILES string of the molecule is Oc1c2[nH]nc(-c3ccc(Br)cc3)c2c(-c2ccc(Br)cc2)n1-c1ccccc1. The van der Waals surface area contributed by atoms with Gasteiger partial charge in [0.1, 0.15) is 11.2 Å². The number of H-pyrrole nitrogens is 1. The van der Waals surface area contributed by atoms with Gasteiger partial charge in [-0.15, -0.1) is 0 Å². The van der Waals surface area contributed by atoms with Crippen LogP contribution in [-0.2, 0) is 0 Å². The van der Waals surface area contributed by atoms with E-state index in [-0.39, 0.29) is 5.88 Å². The summed E-state index contributed by atoms with van der Waals surface area (Å²) in [6, 6.07) is 25.9. The van der Waals surface area contributed by atoms with Crippen LogP contribution in [0.4, 0.5) is 0 Å². The topological polar surface area (TPSA) is 53.8 Å². The Hall–Kier alpha value is -2.83. The highest BCUT2D eigenvalue weighted by Gasteiger charge is 2.24. The van der Waals surface area contributed by atoms with Crippen molar-refractivity contribution in [3.63, 3.8) is 0 Å². The van der Waals surface area contributed by atoms with Gasteiger partial charge in [0.25, 0.3) is 0 Å². The Labute approximate surface area is 184 Å². The average Bonchev–Trinajstić information content (AvgIpc) is 3.29. The molecule has 0 saturated carbocycles. The summed E-state index contributed by atoms with van der Waals surface area (Å²) < 4.78 is 3.87. The summed E-state index contributed by atoms with van der Waals surface area (Å²) in [5.41, 5.74) is 5.15. The number of aromatic amines is 1. The molecule has 142 valence electrons. The molecule has 0 atom stereocenters. The smallest absolute Gasteiger partial charge is 0.222 e. The molecule has 0 aliphatic heterocycles. The van der Waals surface area contributed by atoms with Crippen LogP contribution in [0.1, 0.15) is 0 Å². The Balaban J connectivity index is 1.87. The zero-order valence-corrected chi connectivity index (χ0v) is 18.3. The molecule has 0 aliphatic carbocycles. The minimum atomic E-state index is 0.139. The maximum Gasteiger partial charge on any atom is 0.222 e. The number of para-hydroxylation sites is 1. The Morgan fingerprint density at radius 2 is 1.34 bits per heavy atom. The largest absolute Gasteiger partial charge is 0.493 e. The molecule has 6 heteroatoms. The van der Waals surface area contributed by atoms with Crippen molar-refractivity contribution in [2.45, 2.75) is 0 Å². The molecular formula is C23H15Br2N3O. The van der Waals surface area contributed by atoms with Crippen LogP contribution in [0.15, 0.2) is 87.8 Å². The van der Waals surface area contributed by atoms with Crippen molar-refractivity contribution >= 4 is 42.8 Å². The molecule has 5 aromatic rings. The van der Waals surface area contributed by atoms with E-state index in [2.05, 4.69) is 42.1 Å². The maximum absolute atomic E-state index is 11.1. The normalized spacial score (nSPS) is 11.2. The fourth-order valence-electron chi connectivity index (χ4n) is 3.59. The number of halogens is 2. The first-order chi connectivity index (χ1) is 14.1. The molecule has 4 nitrogen and oxygen atoms in total. The molecule has 0 amide bonds. The van der Waals surface area contributed by atoms with Crippen molar-refractivity contribution in [2.24, 2.45) is 0 Å². The minimum Gasteiger partial charge on any atom is -0.493 e. The predicted octanol–water partition coefficient (Wildman–Crippen LogP) is 6.92. The summed E-state index contributed by atoms with van der Waals surface area (Å²) in [6.45, 7) is 0. The molecule has 0 unspecified atom stereocenters. The summed E-state index contributed by atoms with van der Waals surface area (Å²) >= 11 is 6.99. The van der Waals surface area contributed by atoms with Gasteiger partial charge in [0.15, 0.2) is 0 Å². The third-order valence-electron chi connectivity index (χ3n) is 4.91. The molecule has 2 aromatic heterocycles. The molecule has 0 aliphatic rings. The van der Waals surface area contributed by atoms with Crippen LogP contribution in [-0.4, -0.2) is 19.9 Å². The number of benzene rings is 3. The zero-order valence-electron chi connectivity index (χ0n) is 15.1.